The Hall–Kier alpha value is -3.55. The zero-order valence-electron chi connectivity index (χ0n) is 28.3. The minimum absolute atomic E-state index is 0.269. The minimum Gasteiger partial charge on any atom is -0.435 e. The van der Waals surface area contributed by atoms with Gasteiger partial charge in [0, 0.05) is 17.6 Å². The van der Waals surface area contributed by atoms with Gasteiger partial charge in [-0.25, -0.2) is 23.0 Å². The molecule has 7 atom stereocenters. The summed E-state index contributed by atoms with van der Waals surface area (Å²) in [7, 11) is -10.8. The predicted octanol–water partition coefficient (Wildman–Crippen LogP) is 2.18. The van der Waals surface area contributed by atoms with Crippen molar-refractivity contribution in [2.45, 2.75) is 85.2 Å². The highest BCUT2D eigenvalue weighted by molar-refractivity contribution is 7.61. The summed E-state index contributed by atoms with van der Waals surface area (Å²) in [6.07, 6.45) is -9.17. The van der Waals surface area contributed by atoms with Crippen LogP contribution >= 0.6 is 15.6 Å². The topological polar surface area (TPSA) is 264 Å². The van der Waals surface area contributed by atoms with Crippen LogP contribution in [-0.2, 0) is 57.4 Å². The second kappa shape index (κ2) is 16.4. The summed E-state index contributed by atoms with van der Waals surface area (Å²) in [4.78, 5) is 60.5. The maximum absolute atomic E-state index is 13.5. The molecule has 3 heterocycles. The highest BCUT2D eigenvalue weighted by Gasteiger charge is 2.47. The van der Waals surface area contributed by atoms with Crippen molar-refractivity contribution in [3.8, 4) is 0 Å². The lowest BCUT2D eigenvalue weighted by molar-refractivity contribution is -0.173. The molecule has 0 amide bonds. The number of carbonyl (C=O) groups excluding carboxylic acids is 2. The van der Waals surface area contributed by atoms with Crippen molar-refractivity contribution >= 4 is 38.6 Å². The van der Waals surface area contributed by atoms with Gasteiger partial charge in [-0.15, -0.1) is 0 Å². The number of para-hydroxylation sites is 1. The summed E-state index contributed by atoms with van der Waals surface area (Å²) in [6, 6.07) is 7.78. The molecule has 1 aliphatic rings. The lowest BCUT2D eigenvalue weighted by atomic mass is 10.1. The van der Waals surface area contributed by atoms with Crippen molar-refractivity contribution in [2.75, 3.05) is 6.61 Å². The summed E-state index contributed by atoms with van der Waals surface area (Å²) in [5.74, 6) is -2.86. The Labute approximate surface area is 289 Å². The Bertz CT molecular complexity index is 1890. The van der Waals surface area contributed by atoms with Gasteiger partial charge in [0.2, 0.25) is 12.6 Å². The number of carbonyl (C=O) groups is 2. The highest BCUT2D eigenvalue weighted by Crippen LogP contribution is 2.64. The minimum atomic E-state index is -5.50. The first-order chi connectivity index (χ1) is 23.8. The van der Waals surface area contributed by atoms with E-state index in [2.05, 4.69) is 5.16 Å². The van der Waals surface area contributed by atoms with Crippen molar-refractivity contribution < 1.29 is 70.4 Å². The molecule has 3 N–H and O–H groups in total. The van der Waals surface area contributed by atoms with E-state index in [0.717, 1.165) is 35.2 Å². The molecule has 282 valence electrons. The van der Waals surface area contributed by atoms with Gasteiger partial charge in [0.25, 0.3) is 5.56 Å². The van der Waals surface area contributed by atoms with Gasteiger partial charge in [0.1, 0.15) is 24.0 Å². The first-order valence-electron chi connectivity index (χ1n) is 15.5. The number of hydrogen-bond acceptors (Lipinski definition) is 17. The van der Waals surface area contributed by atoms with Crippen LogP contribution in [0.4, 0.5) is 0 Å². The monoisotopic (exact) mass is 763 g/mol. The number of fused-ring (bicyclic) bond motifs is 1. The molecule has 20 nitrogen and oxygen atoms in total. The number of aromatic nitrogens is 3. The predicted molar refractivity (Wildman–Crippen MR) is 171 cm³/mol. The van der Waals surface area contributed by atoms with Crippen molar-refractivity contribution in [2.24, 2.45) is 11.8 Å². The molecule has 0 saturated carbocycles. The van der Waals surface area contributed by atoms with Crippen LogP contribution in [0.3, 0.4) is 0 Å². The van der Waals surface area contributed by atoms with Gasteiger partial charge in [0.05, 0.1) is 25.0 Å². The standard InChI is InChI=1S/C29H39N3O17P2/c1-15(2)27(36)43-17(5)47-51(41,48-18(6)44-28(37)16(3)4)49-50(39,40)42-14-22-24(34)25(35)26(45-22)31-12-11-23(33)32(29(31)38)13-20-19-9-7-8-10-21(19)46-30-20/h7-12,15-18,22,24-26,34-35H,13-14H2,1-6H3,(H,39,40)/t17?,18?,22-,24-,25-,26-,51?/m1/s1. The highest BCUT2D eigenvalue weighted by atomic mass is 31.3. The Kier molecular flexibility index (Phi) is 12.9. The van der Waals surface area contributed by atoms with Gasteiger partial charge < -0.3 is 33.8 Å². The van der Waals surface area contributed by atoms with E-state index in [1.54, 1.807) is 24.3 Å². The summed E-state index contributed by atoms with van der Waals surface area (Å²) >= 11 is 0. The molecule has 0 radical (unpaired) electrons. The molecule has 2 aromatic heterocycles. The molecule has 0 bridgehead atoms. The van der Waals surface area contributed by atoms with E-state index < -0.39 is 94.4 Å². The Morgan fingerprint density at radius 2 is 1.51 bits per heavy atom. The van der Waals surface area contributed by atoms with Crippen molar-refractivity contribution in [1.29, 1.82) is 0 Å². The second-order valence-corrected chi connectivity index (χ2v) is 15.1. The van der Waals surface area contributed by atoms with E-state index in [1.807, 2.05) is 0 Å². The number of aliphatic hydroxyl groups is 2. The number of aliphatic hydroxyl groups excluding tert-OH is 2. The van der Waals surface area contributed by atoms with Crippen LogP contribution in [0.2, 0.25) is 0 Å². The van der Waals surface area contributed by atoms with Gasteiger partial charge in [-0.2, -0.15) is 4.31 Å². The number of benzene rings is 1. The lowest BCUT2D eigenvalue weighted by Crippen LogP contribution is -2.43. The number of phosphoric ester groups is 2. The molecule has 0 aliphatic carbocycles. The number of phosphoric acid groups is 2. The summed E-state index contributed by atoms with van der Waals surface area (Å²) in [6.45, 7) is 6.90. The summed E-state index contributed by atoms with van der Waals surface area (Å²) in [5, 5.41) is 25.9. The van der Waals surface area contributed by atoms with Crippen LogP contribution in [0, 0.1) is 11.8 Å². The van der Waals surface area contributed by atoms with E-state index in [9.17, 15) is 43.4 Å². The van der Waals surface area contributed by atoms with Gasteiger partial charge in [-0.3, -0.25) is 28.0 Å². The van der Waals surface area contributed by atoms with Crippen LogP contribution < -0.4 is 11.2 Å². The Morgan fingerprint density at radius 3 is 2.10 bits per heavy atom. The maximum atomic E-state index is 13.5. The molecule has 1 saturated heterocycles. The molecule has 3 unspecified atom stereocenters. The SMILES string of the molecule is CC(OC(=O)C(C)C)OP(=O)(OC(C)OC(=O)C(C)C)OP(=O)(O)OC[C@H]1O[C@@H](n2ccc(=O)n(Cc3noc4ccccc34)c2=O)[C@H](O)[C@@H]1O. The third-order valence-corrected chi connectivity index (χ3v) is 10.3. The smallest absolute Gasteiger partial charge is 0.435 e. The number of hydrogen-bond donors (Lipinski definition) is 3. The largest absolute Gasteiger partial charge is 0.489 e. The van der Waals surface area contributed by atoms with Crippen LogP contribution in [0.25, 0.3) is 11.0 Å². The molecular weight excluding hydrogens is 724 g/mol. The molecule has 4 rings (SSSR count). The van der Waals surface area contributed by atoms with Crippen LogP contribution in [0.1, 0.15) is 53.5 Å². The fraction of sp³-hybridized carbons (Fsp3) is 0.552. The van der Waals surface area contributed by atoms with Crippen LogP contribution in [-0.4, -0.2) is 78.8 Å². The van der Waals surface area contributed by atoms with E-state index >= 15 is 0 Å². The first-order valence-corrected chi connectivity index (χ1v) is 18.5. The number of nitrogens with zero attached hydrogens (tertiary/aromatic N) is 3. The molecule has 22 heteroatoms. The third kappa shape index (κ3) is 10.1. The van der Waals surface area contributed by atoms with Crippen molar-refractivity contribution in [3.63, 3.8) is 0 Å². The first kappa shape index (κ1) is 40.2. The Morgan fingerprint density at radius 1 is 0.922 bits per heavy atom. The number of rotatable bonds is 16. The molecule has 51 heavy (non-hydrogen) atoms. The van der Waals surface area contributed by atoms with E-state index in [4.69, 9.17) is 36.6 Å². The summed E-state index contributed by atoms with van der Waals surface area (Å²) in [5.41, 5.74) is -0.987. The maximum Gasteiger partial charge on any atom is 0.489 e. The third-order valence-electron chi connectivity index (χ3n) is 7.13. The molecule has 1 fully saturated rings. The van der Waals surface area contributed by atoms with Crippen molar-refractivity contribution in [3.05, 3.63) is 63.1 Å². The van der Waals surface area contributed by atoms with Crippen LogP contribution in [0.5, 0.6) is 0 Å². The van der Waals surface area contributed by atoms with Gasteiger partial charge >= 0.3 is 33.3 Å². The fourth-order valence-corrected chi connectivity index (χ4v) is 7.26. The van der Waals surface area contributed by atoms with Gasteiger partial charge in [0.15, 0.2) is 11.8 Å². The fourth-order valence-electron chi connectivity index (χ4n) is 4.56. The molecule has 1 aliphatic heterocycles. The van der Waals surface area contributed by atoms with Crippen molar-refractivity contribution in [1.82, 2.24) is 14.3 Å². The van der Waals surface area contributed by atoms with E-state index in [0.29, 0.717) is 11.0 Å². The molecule has 1 aromatic carbocycles. The lowest BCUT2D eigenvalue weighted by Gasteiger charge is -2.26. The molecule has 0 spiro atoms. The van der Waals surface area contributed by atoms with E-state index in [1.165, 1.54) is 27.7 Å². The number of ether oxygens (including phenoxy) is 3. The average molecular weight is 764 g/mol. The second-order valence-electron chi connectivity index (χ2n) is 11.9. The number of esters is 2. The normalized spacial score (nSPS) is 22.8. The summed E-state index contributed by atoms with van der Waals surface area (Å²) < 4.78 is 68.6. The zero-order valence-corrected chi connectivity index (χ0v) is 30.1. The quantitative estimate of drug-likeness (QED) is 0.107. The van der Waals surface area contributed by atoms with Crippen LogP contribution in [0.15, 0.2) is 50.6 Å². The molecule has 3 aromatic rings. The van der Waals surface area contributed by atoms with E-state index in [-0.39, 0.29) is 12.2 Å². The Balaban J connectivity index is 1.48. The van der Waals surface area contributed by atoms with Gasteiger partial charge in [-0.1, -0.05) is 45.0 Å². The molecular formula is C29H39N3O17P2. The van der Waals surface area contributed by atoms with Gasteiger partial charge in [-0.05, 0) is 26.0 Å². The zero-order chi connectivity index (χ0) is 37.8. The average Bonchev–Trinajstić information content (AvgIpc) is 3.57.